The van der Waals surface area contributed by atoms with Crippen LogP contribution in [0.4, 0.5) is 0 Å². The fraction of sp³-hybridized carbons (Fsp3) is 0.533. The summed E-state index contributed by atoms with van der Waals surface area (Å²) in [5.74, 6) is 1.39. The van der Waals surface area contributed by atoms with E-state index < -0.39 is 0 Å². The van der Waals surface area contributed by atoms with Crippen LogP contribution in [-0.4, -0.2) is 45.2 Å². The second-order valence-corrected chi connectivity index (χ2v) is 6.26. The molecule has 0 aliphatic carbocycles. The van der Waals surface area contributed by atoms with Gasteiger partial charge in [0.15, 0.2) is 5.82 Å². The Morgan fingerprint density at radius 1 is 1.30 bits per heavy atom. The number of hydrogen-bond donors (Lipinski definition) is 1. The molecule has 0 unspecified atom stereocenters. The monoisotopic (exact) mass is 271 g/mol. The van der Waals surface area contributed by atoms with Gasteiger partial charge in [0.2, 0.25) is 0 Å². The lowest BCUT2D eigenvalue weighted by Gasteiger charge is -2.26. The Kier molecular flexibility index (Phi) is 3.53. The Labute approximate surface area is 119 Å². The Morgan fingerprint density at radius 3 is 2.80 bits per heavy atom. The van der Waals surface area contributed by atoms with Gasteiger partial charge in [-0.05, 0) is 11.0 Å². The average Bonchev–Trinajstić information content (AvgIpc) is 3.04. The van der Waals surface area contributed by atoms with Gasteiger partial charge in [-0.2, -0.15) is 5.21 Å². The highest BCUT2D eigenvalue weighted by Gasteiger charge is 2.39. The predicted octanol–water partition coefficient (Wildman–Crippen LogP) is 1.87. The molecule has 0 radical (unpaired) electrons. The number of tetrazole rings is 1. The van der Waals surface area contributed by atoms with E-state index in [1.165, 1.54) is 5.56 Å². The number of rotatable bonds is 4. The first-order valence-electron chi connectivity index (χ1n) is 7.15. The molecule has 20 heavy (non-hydrogen) atoms. The molecule has 1 atom stereocenters. The minimum absolute atomic E-state index is 0.304. The van der Waals surface area contributed by atoms with Crippen LogP contribution in [0, 0.1) is 5.41 Å². The number of nitrogens with zero attached hydrogens (tertiary/aromatic N) is 4. The van der Waals surface area contributed by atoms with Crippen LogP contribution in [0.2, 0.25) is 0 Å². The number of benzene rings is 1. The molecule has 1 N–H and O–H groups in total. The highest BCUT2D eigenvalue weighted by Crippen LogP contribution is 2.42. The SMILES string of the molecule is CC1(C)CN(CCc2nn[nH]n2)C[C@H]1c1ccccc1. The first-order chi connectivity index (χ1) is 9.65. The first kappa shape index (κ1) is 13.2. The topological polar surface area (TPSA) is 57.7 Å². The van der Waals surface area contributed by atoms with Crippen LogP contribution in [-0.2, 0) is 6.42 Å². The van der Waals surface area contributed by atoms with Gasteiger partial charge in [-0.3, -0.25) is 0 Å². The fourth-order valence-corrected chi connectivity index (χ4v) is 3.22. The Morgan fingerprint density at radius 2 is 2.10 bits per heavy atom. The van der Waals surface area contributed by atoms with Crippen molar-refractivity contribution in [1.29, 1.82) is 0 Å². The number of aromatic amines is 1. The average molecular weight is 271 g/mol. The van der Waals surface area contributed by atoms with Crippen molar-refractivity contribution in [2.45, 2.75) is 26.2 Å². The van der Waals surface area contributed by atoms with Gasteiger partial charge >= 0.3 is 0 Å². The van der Waals surface area contributed by atoms with E-state index in [0.717, 1.165) is 31.9 Å². The summed E-state index contributed by atoms with van der Waals surface area (Å²) in [7, 11) is 0. The van der Waals surface area contributed by atoms with Gasteiger partial charge in [0.25, 0.3) is 0 Å². The molecule has 2 aromatic rings. The Balaban J connectivity index is 1.66. The molecule has 5 nitrogen and oxygen atoms in total. The van der Waals surface area contributed by atoms with Crippen LogP contribution >= 0.6 is 0 Å². The minimum atomic E-state index is 0.304. The van der Waals surface area contributed by atoms with Crippen LogP contribution in [0.25, 0.3) is 0 Å². The van der Waals surface area contributed by atoms with Crippen LogP contribution in [0.1, 0.15) is 31.2 Å². The molecule has 1 aromatic carbocycles. The zero-order valence-electron chi connectivity index (χ0n) is 12.1. The summed E-state index contributed by atoms with van der Waals surface area (Å²) >= 11 is 0. The van der Waals surface area contributed by atoms with Crippen molar-refractivity contribution in [1.82, 2.24) is 25.5 Å². The van der Waals surface area contributed by atoms with Crippen molar-refractivity contribution in [2.75, 3.05) is 19.6 Å². The molecule has 0 amide bonds. The lowest BCUT2D eigenvalue weighted by Crippen LogP contribution is -2.25. The van der Waals surface area contributed by atoms with Gasteiger partial charge in [0.1, 0.15) is 0 Å². The Hall–Kier alpha value is -1.75. The zero-order valence-corrected chi connectivity index (χ0v) is 12.1. The zero-order chi connectivity index (χ0) is 14.0. The van der Waals surface area contributed by atoms with E-state index in [0.29, 0.717) is 11.3 Å². The summed E-state index contributed by atoms with van der Waals surface area (Å²) in [5, 5.41) is 14.1. The van der Waals surface area contributed by atoms with E-state index in [1.807, 2.05) is 0 Å². The van der Waals surface area contributed by atoms with Crippen LogP contribution in [0.5, 0.6) is 0 Å². The second-order valence-electron chi connectivity index (χ2n) is 6.26. The number of likely N-dealkylation sites (tertiary alicyclic amines) is 1. The largest absolute Gasteiger partial charge is 0.302 e. The molecule has 2 heterocycles. The quantitative estimate of drug-likeness (QED) is 0.922. The van der Waals surface area contributed by atoms with Gasteiger partial charge in [-0.25, -0.2) is 0 Å². The third kappa shape index (κ3) is 2.72. The van der Waals surface area contributed by atoms with Gasteiger partial charge in [-0.1, -0.05) is 49.4 Å². The van der Waals surface area contributed by atoms with Gasteiger partial charge in [-0.15, -0.1) is 10.2 Å². The highest BCUT2D eigenvalue weighted by molar-refractivity contribution is 5.24. The van der Waals surface area contributed by atoms with Crippen LogP contribution in [0.3, 0.4) is 0 Å². The molecular formula is C15H21N5. The molecule has 106 valence electrons. The van der Waals surface area contributed by atoms with Crippen molar-refractivity contribution in [3.05, 3.63) is 41.7 Å². The van der Waals surface area contributed by atoms with Crippen molar-refractivity contribution >= 4 is 0 Å². The normalized spacial score (nSPS) is 22.2. The molecule has 0 saturated carbocycles. The highest BCUT2D eigenvalue weighted by atomic mass is 15.5. The molecule has 1 aliphatic heterocycles. The second kappa shape index (κ2) is 5.32. The third-order valence-electron chi connectivity index (χ3n) is 4.26. The fourth-order valence-electron chi connectivity index (χ4n) is 3.22. The number of hydrogen-bond acceptors (Lipinski definition) is 4. The maximum Gasteiger partial charge on any atom is 0.175 e. The third-order valence-corrected chi connectivity index (χ3v) is 4.26. The van der Waals surface area contributed by atoms with Crippen molar-refractivity contribution in [3.8, 4) is 0 Å². The lowest BCUT2D eigenvalue weighted by molar-refractivity contribution is 0.289. The molecule has 0 spiro atoms. The molecule has 3 rings (SSSR count). The summed E-state index contributed by atoms with van der Waals surface area (Å²) in [4.78, 5) is 2.51. The van der Waals surface area contributed by atoms with E-state index >= 15 is 0 Å². The maximum absolute atomic E-state index is 4.02. The van der Waals surface area contributed by atoms with E-state index in [9.17, 15) is 0 Å². The lowest BCUT2D eigenvalue weighted by atomic mass is 9.78. The van der Waals surface area contributed by atoms with E-state index in [2.05, 4.69) is 69.7 Å². The smallest absolute Gasteiger partial charge is 0.175 e. The summed E-state index contributed by atoms with van der Waals surface area (Å²) in [6, 6.07) is 10.8. The van der Waals surface area contributed by atoms with Crippen LogP contribution in [0.15, 0.2) is 30.3 Å². The van der Waals surface area contributed by atoms with Gasteiger partial charge in [0, 0.05) is 32.0 Å². The summed E-state index contributed by atoms with van der Waals surface area (Å²) in [5.41, 5.74) is 1.75. The Bertz CT molecular complexity index is 535. The minimum Gasteiger partial charge on any atom is -0.302 e. The summed E-state index contributed by atoms with van der Waals surface area (Å²) in [6.45, 7) is 7.93. The molecule has 1 aliphatic rings. The van der Waals surface area contributed by atoms with Gasteiger partial charge < -0.3 is 4.90 Å². The maximum atomic E-state index is 4.02. The molecule has 0 bridgehead atoms. The molecule has 1 fully saturated rings. The first-order valence-corrected chi connectivity index (χ1v) is 7.15. The van der Waals surface area contributed by atoms with E-state index in [4.69, 9.17) is 0 Å². The predicted molar refractivity (Wildman–Crippen MR) is 77.3 cm³/mol. The molecule has 1 saturated heterocycles. The standard InChI is InChI=1S/C15H21N5/c1-15(2)11-20(9-8-14-16-18-19-17-14)10-13(15)12-6-4-3-5-7-12/h3-7,13H,8-11H2,1-2H3,(H,16,17,18,19)/t13-/m0/s1. The van der Waals surface area contributed by atoms with Crippen molar-refractivity contribution in [3.63, 3.8) is 0 Å². The van der Waals surface area contributed by atoms with Gasteiger partial charge in [0.05, 0.1) is 0 Å². The molecule has 5 heteroatoms. The van der Waals surface area contributed by atoms with Crippen LogP contribution < -0.4 is 0 Å². The number of H-pyrrole nitrogens is 1. The number of aromatic nitrogens is 4. The summed E-state index contributed by atoms with van der Waals surface area (Å²) in [6.07, 6.45) is 0.855. The molecular weight excluding hydrogens is 250 g/mol. The summed E-state index contributed by atoms with van der Waals surface area (Å²) < 4.78 is 0. The van der Waals surface area contributed by atoms with Crippen molar-refractivity contribution < 1.29 is 0 Å². The van der Waals surface area contributed by atoms with E-state index in [1.54, 1.807) is 0 Å². The van der Waals surface area contributed by atoms with Crippen molar-refractivity contribution in [2.24, 2.45) is 5.41 Å². The molecule has 1 aromatic heterocycles. The number of nitrogens with one attached hydrogen (secondary N) is 1. The van der Waals surface area contributed by atoms with E-state index in [-0.39, 0.29) is 0 Å².